The average Bonchev–Trinajstić information content (AvgIpc) is 3.17. The lowest BCUT2D eigenvalue weighted by Crippen LogP contribution is -2.54. The zero-order chi connectivity index (χ0) is 36.5. The van der Waals surface area contributed by atoms with E-state index < -0.39 is 17.8 Å². The van der Waals surface area contributed by atoms with Crippen LogP contribution < -0.4 is 24.6 Å². The largest absolute Gasteiger partial charge is 0.490 e. The van der Waals surface area contributed by atoms with Gasteiger partial charge in [-0.1, -0.05) is 91.0 Å². The van der Waals surface area contributed by atoms with Gasteiger partial charge in [0, 0.05) is 30.6 Å². The molecule has 1 saturated heterocycles. The molecule has 0 spiro atoms. The number of amides is 4. The maximum Gasteiger partial charge on any atom is 0.335 e. The van der Waals surface area contributed by atoms with Gasteiger partial charge in [-0.15, -0.1) is 0 Å². The van der Waals surface area contributed by atoms with Crippen LogP contribution in [0.1, 0.15) is 65.0 Å². The van der Waals surface area contributed by atoms with Crippen molar-refractivity contribution in [3.05, 3.63) is 159 Å². The van der Waals surface area contributed by atoms with Crippen LogP contribution in [0.15, 0.2) is 125 Å². The first kappa shape index (κ1) is 34.4. The minimum Gasteiger partial charge on any atom is -0.490 e. The Labute approximate surface area is 317 Å². The number of nitrogens with zero attached hydrogens (tertiary/aromatic N) is 2. The molecule has 5 aromatic carbocycles. The molecule has 8 nitrogen and oxygen atoms in total. The second kappa shape index (κ2) is 14.8. The molecule has 0 aromatic heterocycles. The molecule has 0 aliphatic carbocycles. The molecular weight excluding hydrogens is 730 g/mol. The fourth-order valence-electron chi connectivity index (χ4n) is 7.83. The van der Waals surface area contributed by atoms with E-state index in [0.29, 0.717) is 40.4 Å². The topological polar surface area (TPSA) is 88.2 Å². The maximum absolute atomic E-state index is 14.4. The smallest absolute Gasteiger partial charge is 0.335 e. The number of urea groups is 1. The van der Waals surface area contributed by atoms with E-state index in [1.807, 2.05) is 85.8 Å². The second-order valence-electron chi connectivity index (χ2n) is 13.5. The fraction of sp³-hybridized carbons (Fsp3) is 0.205. The Morgan fingerprint density at radius 3 is 1.94 bits per heavy atom. The number of benzene rings is 5. The molecule has 8 rings (SSSR count). The number of rotatable bonds is 9. The third-order valence-corrected chi connectivity index (χ3v) is 10.8. The van der Waals surface area contributed by atoms with Gasteiger partial charge < -0.3 is 14.4 Å². The predicted molar refractivity (Wildman–Crippen MR) is 210 cm³/mol. The van der Waals surface area contributed by atoms with Crippen molar-refractivity contribution in [2.24, 2.45) is 0 Å². The van der Waals surface area contributed by atoms with Gasteiger partial charge in [0.15, 0.2) is 11.5 Å². The third kappa shape index (κ3) is 6.73. The molecule has 2 atom stereocenters. The molecular formula is C44H38BrN3O5. The molecule has 0 unspecified atom stereocenters. The van der Waals surface area contributed by atoms with Crippen LogP contribution in [0.25, 0.3) is 6.08 Å². The lowest BCUT2D eigenvalue weighted by Gasteiger charge is -2.44. The Morgan fingerprint density at radius 1 is 0.774 bits per heavy atom. The second-order valence-corrected chi connectivity index (χ2v) is 14.3. The van der Waals surface area contributed by atoms with Crippen molar-refractivity contribution in [1.82, 2.24) is 5.32 Å². The Kier molecular flexibility index (Phi) is 9.58. The first-order valence-electron chi connectivity index (χ1n) is 18.0. The summed E-state index contributed by atoms with van der Waals surface area (Å²) in [6.45, 7) is 4.41. The average molecular weight is 769 g/mol. The molecule has 266 valence electrons. The monoisotopic (exact) mass is 767 g/mol. The van der Waals surface area contributed by atoms with Crippen molar-refractivity contribution in [1.29, 1.82) is 0 Å². The summed E-state index contributed by atoms with van der Waals surface area (Å²) in [5.74, 6) is -0.338. The normalized spacial score (nSPS) is 18.8. The van der Waals surface area contributed by atoms with E-state index in [4.69, 9.17) is 9.47 Å². The zero-order valence-corrected chi connectivity index (χ0v) is 30.8. The van der Waals surface area contributed by atoms with Crippen molar-refractivity contribution >= 4 is 51.2 Å². The first-order valence-corrected chi connectivity index (χ1v) is 18.8. The summed E-state index contributed by atoms with van der Waals surface area (Å²) in [6.07, 6.45) is 3.30. The SMILES string of the molecule is CCOc1cc(/C=C2\C(=O)NC(=O)N(c3cc4c5c(c3)[C@@H](c3ccccc3)CCN5CC[C@@H]4c3ccccc3)C2=O)cc(Br)c1OCc1ccccc1. The van der Waals surface area contributed by atoms with E-state index in [0.717, 1.165) is 47.5 Å². The van der Waals surface area contributed by atoms with Crippen LogP contribution in [0, 0.1) is 0 Å². The van der Waals surface area contributed by atoms with E-state index in [1.165, 1.54) is 22.9 Å². The molecule has 0 radical (unpaired) electrons. The number of ether oxygens (including phenoxy) is 2. The van der Waals surface area contributed by atoms with Crippen molar-refractivity contribution in [2.45, 2.75) is 38.2 Å². The molecule has 3 aliphatic rings. The van der Waals surface area contributed by atoms with Crippen LogP contribution in [0.5, 0.6) is 11.5 Å². The minimum atomic E-state index is -0.777. The summed E-state index contributed by atoms with van der Waals surface area (Å²) < 4.78 is 12.7. The maximum atomic E-state index is 14.4. The van der Waals surface area contributed by atoms with Gasteiger partial charge >= 0.3 is 6.03 Å². The van der Waals surface area contributed by atoms with Gasteiger partial charge in [-0.3, -0.25) is 14.9 Å². The molecule has 5 aromatic rings. The zero-order valence-electron chi connectivity index (χ0n) is 29.3. The number of imide groups is 2. The standard InChI is InChI=1S/C44H38BrN3O5/c1-2-52-39-24-29(23-38(45)41(39)53-27-28-12-6-3-7-13-28)22-37-42(49)46-44(51)48(43(37)50)32-25-35-33(30-14-8-4-9-15-30)18-20-47-21-19-34(36(26-32)40(35)47)31-16-10-5-11-17-31/h3-17,22-26,33-34H,2,18-21,27H2,1H3,(H,46,49,51)/b37-22+/t33-,34-/m1/s1. The van der Waals surface area contributed by atoms with E-state index >= 15 is 0 Å². The van der Waals surface area contributed by atoms with Crippen LogP contribution in [-0.2, 0) is 16.2 Å². The van der Waals surface area contributed by atoms with E-state index in [2.05, 4.69) is 50.4 Å². The van der Waals surface area contributed by atoms with Crippen molar-refractivity contribution < 1.29 is 23.9 Å². The summed E-state index contributed by atoms with van der Waals surface area (Å²) in [7, 11) is 0. The van der Waals surface area contributed by atoms with E-state index in [1.54, 1.807) is 12.1 Å². The van der Waals surface area contributed by atoms with Crippen LogP contribution >= 0.6 is 15.9 Å². The van der Waals surface area contributed by atoms with E-state index in [-0.39, 0.29) is 17.4 Å². The minimum absolute atomic E-state index is 0.0761. The summed E-state index contributed by atoms with van der Waals surface area (Å²) in [4.78, 5) is 45.0. The highest BCUT2D eigenvalue weighted by Gasteiger charge is 2.40. The Morgan fingerprint density at radius 2 is 1.36 bits per heavy atom. The third-order valence-electron chi connectivity index (χ3n) is 10.2. The number of hydrogen-bond acceptors (Lipinski definition) is 6. The highest BCUT2D eigenvalue weighted by molar-refractivity contribution is 9.10. The Bertz CT molecular complexity index is 2150. The number of nitrogens with one attached hydrogen (secondary N) is 1. The van der Waals surface area contributed by atoms with E-state index in [9.17, 15) is 14.4 Å². The van der Waals surface area contributed by atoms with Gasteiger partial charge in [0.1, 0.15) is 12.2 Å². The quantitative estimate of drug-likeness (QED) is 0.119. The van der Waals surface area contributed by atoms with Gasteiger partial charge in [-0.05, 0) is 99.4 Å². The Hall–Kier alpha value is -5.67. The van der Waals surface area contributed by atoms with Gasteiger partial charge in [0.05, 0.1) is 16.8 Å². The van der Waals surface area contributed by atoms with Crippen LogP contribution in [0.4, 0.5) is 16.2 Å². The molecule has 53 heavy (non-hydrogen) atoms. The molecule has 1 fully saturated rings. The molecule has 1 N–H and O–H groups in total. The number of carbonyl (C=O) groups is 3. The number of barbiturate groups is 1. The number of carbonyl (C=O) groups excluding carboxylic acids is 3. The number of hydrogen-bond donors (Lipinski definition) is 1. The lowest BCUT2D eigenvalue weighted by molar-refractivity contribution is -0.122. The summed E-state index contributed by atoms with van der Waals surface area (Å²) in [5.41, 5.74) is 7.51. The lowest BCUT2D eigenvalue weighted by atomic mass is 9.76. The highest BCUT2D eigenvalue weighted by atomic mass is 79.9. The predicted octanol–water partition coefficient (Wildman–Crippen LogP) is 8.97. The van der Waals surface area contributed by atoms with Crippen molar-refractivity contribution in [3.8, 4) is 11.5 Å². The molecule has 9 heteroatoms. The first-order chi connectivity index (χ1) is 25.9. The number of halogens is 1. The van der Waals surface area contributed by atoms with Crippen molar-refractivity contribution in [2.75, 3.05) is 29.5 Å². The van der Waals surface area contributed by atoms with Crippen molar-refractivity contribution in [3.63, 3.8) is 0 Å². The van der Waals surface area contributed by atoms with Crippen LogP contribution in [-0.4, -0.2) is 37.5 Å². The summed E-state index contributed by atoms with van der Waals surface area (Å²) in [6, 6.07) is 37.3. The van der Waals surface area contributed by atoms with Gasteiger partial charge in [-0.2, -0.15) is 0 Å². The fourth-order valence-corrected chi connectivity index (χ4v) is 8.41. The van der Waals surface area contributed by atoms with Gasteiger partial charge in [-0.25, -0.2) is 9.69 Å². The van der Waals surface area contributed by atoms with Gasteiger partial charge in [0.25, 0.3) is 11.8 Å². The van der Waals surface area contributed by atoms with Gasteiger partial charge in [0.2, 0.25) is 0 Å². The number of anilines is 2. The van der Waals surface area contributed by atoms with Crippen LogP contribution in [0.2, 0.25) is 0 Å². The summed E-state index contributed by atoms with van der Waals surface area (Å²) >= 11 is 3.62. The molecule has 4 amide bonds. The molecule has 0 bridgehead atoms. The Balaban J connectivity index is 1.20. The van der Waals surface area contributed by atoms with Crippen LogP contribution in [0.3, 0.4) is 0 Å². The molecule has 0 saturated carbocycles. The molecule has 3 heterocycles. The molecule has 3 aliphatic heterocycles. The highest BCUT2D eigenvalue weighted by Crippen LogP contribution is 2.50. The summed E-state index contributed by atoms with van der Waals surface area (Å²) in [5, 5.41) is 2.44.